The van der Waals surface area contributed by atoms with Gasteiger partial charge >= 0.3 is 12.1 Å². The van der Waals surface area contributed by atoms with Crippen molar-refractivity contribution in [2.45, 2.75) is 69.9 Å². The van der Waals surface area contributed by atoms with Crippen molar-refractivity contribution >= 4 is 13.3 Å². The molecule has 0 aromatic heterocycles. The molecule has 1 N–H and O–H groups in total. The molecular weight excluding hydrogens is 478 g/mol. The first-order valence-corrected chi connectivity index (χ1v) is 14.1. The van der Waals surface area contributed by atoms with Gasteiger partial charge in [0, 0.05) is 6.54 Å². The Labute approximate surface area is 205 Å². The minimum atomic E-state index is -4.81. The molecule has 0 radical (unpaired) electrons. The maximum Gasteiger partial charge on any atom is 0.471 e. The first-order chi connectivity index (χ1) is 16.8. The minimum absolute atomic E-state index is 0.0497. The van der Waals surface area contributed by atoms with Crippen LogP contribution < -0.4 is 5.32 Å². The number of amides is 1. The lowest BCUT2D eigenvalue weighted by Crippen LogP contribution is -2.37. The second kappa shape index (κ2) is 15.8. The van der Waals surface area contributed by atoms with E-state index < -0.39 is 19.5 Å². The fourth-order valence-electron chi connectivity index (χ4n) is 3.61. The normalized spacial score (nSPS) is 12.0. The number of carbonyl (C=O) groups excluding carboxylic acids is 1. The number of hydrogen-bond donors (Lipinski definition) is 1. The van der Waals surface area contributed by atoms with Gasteiger partial charge in [-0.3, -0.25) is 9.36 Å². The average molecular weight is 514 g/mol. The largest absolute Gasteiger partial charge is 0.471 e. The molecule has 5 nitrogen and oxygen atoms in total. The highest BCUT2D eigenvalue weighted by molar-refractivity contribution is 7.57. The molecule has 0 fully saturated rings. The molecule has 0 unspecified atom stereocenters. The van der Waals surface area contributed by atoms with Crippen LogP contribution in [0.5, 0.6) is 0 Å². The van der Waals surface area contributed by atoms with Crippen LogP contribution in [0.4, 0.5) is 13.2 Å². The Morgan fingerprint density at radius 1 is 0.743 bits per heavy atom. The van der Waals surface area contributed by atoms with Crippen LogP contribution in [-0.2, 0) is 31.2 Å². The summed E-state index contributed by atoms with van der Waals surface area (Å²) in [6.45, 7) is 0.417. The summed E-state index contributed by atoms with van der Waals surface area (Å²) in [5.74, 6) is -1.87. The number of benzene rings is 2. The lowest BCUT2D eigenvalue weighted by molar-refractivity contribution is -0.206. The molecule has 2 rings (SSSR count). The van der Waals surface area contributed by atoms with Gasteiger partial charge in [-0.25, -0.2) is 4.89 Å². The van der Waals surface area contributed by atoms with Crippen molar-refractivity contribution in [3.63, 3.8) is 0 Å². The number of halogens is 3. The fourth-order valence-corrected chi connectivity index (χ4v) is 5.63. The number of carbonyl (C=O) groups is 1. The third-order valence-corrected chi connectivity index (χ3v) is 7.49. The third-order valence-electron chi connectivity index (χ3n) is 5.42. The van der Waals surface area contributed by atoms with E-state index in [-0.39, 0.29) is 6.54 Å². The van der Waals surface area contributed by atoms with E-state index in [1.54, 1.807) is 0 Å². The van der Waals surface area contributed by atoms with E-state index in [1.807, 2.05) is 66.0 Å². The Bertz CT molecular complexity index is 849. The fraction of sp³-hybridized carbons (Fsp3) is 0.500. The van der Waals surface area contributed by atoms with Crippen molar-refractivity contribution < 1.29 is 32.1 Å². The van der Waals surface area contributed by atoms with E-state index >= 15 is 0 Å². The Balaban J connectivity index is 1.56. The predicted molar refractivity (Wildman–Crippen MR) is 131 cm³/mol. The van der Waals surface area contributed by atoms with Crippen LogP contribution in [0.25, 0.3) is 0 Å². The van der Waals surface area contributed by atoms with Crippen molar-refractivity contribution in [2.75, 3.05) is 13.2 Å². The highest BCUT2D eigenvalue weighted by Gasteiger charge is 2.38. The monoisotopic (exact) mass is 513 g/mol. The van der Waals surface area contributed by atoms with Crippen LogP contribution >= 0.6 is 7.37 Å². The maximum atomic E-state index is 13.5. The summed E-state index contributed by atoms with van der Waals surface area (Å²) < 4.78 is 55.2. The van der Waals surface area contributed by atoms with Crippen molar-refractivity contribution in [2.24, 2.45) is 0 Å². The molecule has 0 bridgehead atoms. The Morgan fingerprint density at radius 3 is 1.69 bits per heavy atom. The molecule has 0 atom stereocenters. The zero-order chi connectivity index (χ0) is 25.4. The first kappa shape index (κ1) is 29.1. The SMILES string of the molecule is O=C(NCCCCCCCCCCOOP(=O)(Cc1ccccc1)Cc1ccccc1)C(F)(F)F. The van der Waals surface area contributed by atoms with Crippen molar-refractivity contribution in [1.82, 2.24) is 5.32 Å². The Kier molecular flexibility index (Phi) is 13.1. The second-order valence-electron chi connectivity index (χ2n) is 8.58. The zero-order valence-corrected chi connectivity index (χ0v) is 20.9. The van der Waals surface area contributed by atoms with Crippen LogP contribution in [0, 0.1) is 0 Å². The van der Waals surface area contributed by atoms with Gasteiger partial charge in [0.15, 0.2) is 0 Å². The number of alkyl halides is 3. The van der Waals surface area contributed by atoms with Crippen LogP contribution in [0.2, 0.25) is 0 Å². The van der Waals surface area contributed by atoms with Crippen LogP contribution in [0.1, 0.15) is 62.5 Å². The molecule has 0 saturated carbocycles. The number of nitrogens with one attached hydrogen (secondary N) is 1. The predicted octanol–water partition coefficient (Wildman–Crippen LogP) is 7.41. The second-order valence-corrected chi connectivity index (χ2v) is 11.0. The highest BCUT2D eigenvalue weighted by atomic mass is 31.2. The third kappa shape index (κ3) is 12.9. The number of unbranched alkanes of at least 4 members (excludes halogenated alkanes) is 7. The Morgan fingerprint density at radius 2 is 1.20 bits per heavy atom. The number of rotatable bonds is 17. The van der Waals surface area contributed by atoms with Gasteiger partial charge in [-0.15, -0.1) is 0 Å². The molecule has 35 heavy (non-hydrogen) atoms. The smallest absolute Gasteiger partial charge is 0.348 e. The van der Waals surface area contributed by atoms with Gasteiger partial charge in [0.05, 0.1) is 18.9 Å². The van der Waals surface area contributed by atoms with Gasteiger partial charge in [-0.05, 0) is 24.0 Å². The molecule has 0 aliphatic carbocycles. The van der Waals surface area contributed by atoms with Gasteiger partial charge in [0.1, 0.15) is 0 Å². The molecule has 0 saturated heterocycles. The van der Waals surface area contributed by atoms with Gasteiger partial charge in [-0.2, -0.15) is 17.8 Å². The van der Waals surface area contributed by atoms with E-state index in [1.165, 1.54) is 0 Å². The lowest BCUT2D eigenvalue weighted by Gasteiger charge is -2.18. The minimum Gasteiger partial charge on any atom is -0.348 e. The van der Waals surface area contributed by atoms with Crippen molar-refractivity contribution in [3.8, 4) is 0 Å². The quantitative estimate of drug-likeness (QED) is 0.104. The summed E-state index contributed by atoms with van der Waals surface area (Å²) in [6.07, 6.45) is 2.83. The molecule has 0 aliphatic heterocycles. The van der Waals surface area contributed by atoms with E-state index in [0.29, 0.717) is 25.4 Å². The van der Waals surface area contributed by atoms with Crippen molar-refractivity contribution in [3.05, 3.63) is 71.8 Å². The molecule has 2 aromatic carbocycles. The molecular formula is C26H35F3NO4P. The highest BCUT2D eigenvalue weighted by Crippen LogP contribution is 2.53. The van der Waals surface area contributed by atoms with Gasteiger partial charge in [0.25, 0.3) is 0 Å². The summed E-state index contributed by atoms with van der Waals surface area (Å²) in [7, 11) is -3.07. The lowest BCUT2D eigenvalue weighted by atomic mass is 10.1. The summed E-state index contributed by atoms with van der Waals surface area (Å²) in [5, 5.41) is 1.88. The molecule has 194 valence electrons. The van der Waals surface area contributed by atoms with Gasteiger partial charge in [0.2, 0.25) is 7.37 Å². The van der Waals surface area contributed by atoms with E-state index in [4.69, 9.17) is 9.56 Å². The maximum absolute atomic E-state index is 13.5. The molecule has 9 heteroatoms. The molecule has 0 aliphatic rings. The van der Waals surface area contributed by atoms with Crippen LogP contribution in [-0.4, -0.2) is 25.2 Å². The van der Waals surface area contributed by atoms with E-state index in [0.717, 1.165) is 56.1 Å². The van der Waals surface area contributed by atoms with Gasteiger partial charge < -0.3 is 5.32 Å². The molecule has 1 amide bonds. The molecule has 0 heterocycles. The summed E-state index contributed by atoms with van der Waals surface area (Å²) >= 11 is 0. The van der Waals surface area contributed by atoms with Gasteiger partial charge in [-0.1, -0.05) is 99.2 Å². The summed E-state index contributed by atoms with van der Waals surface area (Å²) in [5.41, 5.74) is 1.89. The summed E-state index contributed by atoms with van der Waals surface area (Å²) in [4.78, 5) is 16.1. The van der Waals surface area contributed by atoms with E-state index in [9.17, 15) is 22.5 Å². The van der Waals surface area contributed by atoms with Crippen LogP contribution in [0.15, 0.2) is 60.7 Å². The van der Waals surface area contributed by atoms with Crippen LogP contribution in [0.3, 0.4) is 0 Å². The average Bonchev–Trinajstić information content (AvgIpc) is 2.82. The molecule has 0 spiro atoms. The topological polar surface area (TPSA) is 64.6 Å². The molecule has 2 aromatic rings. The summed E-state index contributed by atoms with van der Waals surface area (Å²) in [6, 6.07) is 19.2. The van der Waals surface area contributed by atoms with E-state index in [2.05, 4.69) is 0 Å². The standard InChI is InChI=1S/C26H35F3NO4P/c27-26(28,29)25(31)30-19-13-5-3-1-2-4-6-14-20-33-34-35(32,21-23-15-9-7-10-16-23)22-24-17-11-8-12-18-24/h7-12,15-18H,1-6,13-14,19-22H2,(H,30,31). The number of hydrogen-bond acceptors (Lipinski definition) is 4. The first-order valence-electron chi connectivity index (χ1n) is 12.1. The Hall–Kier alpha value is -2.15. The van der Waals surface area contributed by atoms with Crippen molar-refractivity contribution in [1.29, 1.82) is 0 Å². The zero-order valence-electron chi connectivity index (χ0n) is 20.0.